The fourth-order valence-corrected chi connectivity index (χ4v) is 6.48. The summed E-state index contributed by atoms with van der Waals surface area (Å²) in [4.78, 5) is 47.8. The van der Waals surface area contributed by atoms with Crippen molar-refractivity contribution in [2.24, 2.45) is 5.16 Å². The van der Waals surface area contributed by atoms with Crippen molar-refractivity contribution in [2.45, 2.75) is 30.0 Å². The number of hydrogen-bond donors (Lipinski definition) is 4. The van der Waals surface area contributed by atoms with E-state index in [9.17, 15) is 29.7 Å². The summed E-state index contributed by atoms with van der Waals surface area (Å²) in [6.07, 6.45) is -1.34. The number of rotatable bonds is 7. The summed E-state index contributed by atoms with van der Waals surface area (Å²) in [5.74, 6) is -2.47. The minimum absolute atomic E-state index is 0.160. The molecule has 2 saturated heterocycles. The molecular formula is C20H26N6O7S2. The number of carbonyl (C=O) groups excluding carboxylic acids is 3. The molecule has 5 N–H and O–H groups in total. The van der Waals surface area contributed by atoms with Crippen LogP contribution in [-0.4, -0.2) is 111 Å². The number of nitrogens with zero attached hydrogens (tertiary/aromatic N) is 4. The topological polar surface area (TPSA) is 190 Å². The number of quaternary nitrogens is 1. The smallest absolute Gasteiger partial charge is 0.276 e. The zero-order valence-corrected chi connectivity index (χ0v) is 20.7. The molecule has 0 bridgehead atoms. The van der Waals surface area contributed by atoms with Crippen molar-refractivity contribution >= 4 is 51.7 Å². The molecule has 1 unspecified atom stereocenters. The Bertz CT molecular complexity index is 1110. The second kappa shape index (κ2) is 9.73. The van der Waals surface area contributed by atoms with E-state index in [4.69, 9.17) is 10.6 Å². The molecule has 3 aliphatic heterocycles. The van der Waals surface area contributed by atoms with Crippen LogP contribution in [0.25, 0.3) is 0 Å². The number of aliphatic carboxylic acids is 1. The number of likely N-dealkylation sites (tertiary alicyclic amines) is 1. The number of amides is 2. The van der Waals surface area contributed by atoms with Gasteiger partial charge in [-0.3, -0.25) is 14.5 Å². The fraction of sp³-hybridized carbons (Fsp3) is 0.550. The normalized spacial score (nSPS) is 31.0. The molecule has 3 aliphatic rings. The van der Waals surface area contributed by atoms with E-state index in [1.807, 2.05) is 7.05 Å². The average Bonchev–Trinajstić information content (AvgIpc) is 3.23. The minimum atomic E-state index is -1.48. The summed E-state index contributed by atoms with van der Waals surface area (Å²) < 4.78 is 0.325. The Hall–Kier alpha value is -2.72. The Labute approximate surface area is 208 Å². The molecule has 2 amide bonds. The van der Waals surface area contributed by atoms with Gasteiger partial charge in [0.05, 0.1) is 31.4 Å². The van der Waals surface area contributed by atoms with Crippen LogP contribution in [-0.2, 0) is 19.2 Å². The Morgan fingerprint density at radius 3 is 2.77 bits per heavy atom. The number of hydrogen-bond acceptors (Lipinski definition) is 12. The highest BCUT2D eigenvalue weighted by Crippen LogP contribution is 2.41. The van der Waals surface area contributed by atoms with E-state index in [0.717, 1.165) is 16.2 Å². The van der Waals surface area contributed by atoms with Crippen LogP contribution in [0.3, 0.4) is 0 Å². The van der Waals surface area contributed by atoms with E-state index in [-0.39, 0.29) is 35.3 Å². The molecular weight excluding hydrogens is 500 g/mol. The Balaban J connectivity index is 1.51. The molecule has 15 heteroatoms. The molecule has 1 aromatic heterocycles. The van der Waals surface area contributed by atoms with Gasteiger partial charge in [-0.15, -0.1) is 23.1 Å². The SMILES string of the molecule is CO/N=C(\C(=O)N[C@@H]1C(=O)N2C(C(=O)[O-])=C(C[N+]3(C)CC[C@@H](O)[C@@H](O)C3)CS[C@H]12)c1csc(N)n1. The average molecular weight is 527 g/mol. The van der Waals surface area contributed by atoms with E-state index in [0.29, 0.717) is 28.8 Å². The van der Waals surface area contributed by atoms with Crippen molar-refractivity contribution in [1.29, 1.82) is 0 Å². The van der Waals surface area contributed by atoms with Gasteiger partial charge in [0.2, 0.25) is 0 Å². The number of aromatic nitrogens is 1. The zero-order valence-electron chi connectivity index (χ0n) is 19.0. The number of oxime groups is 1. The monoisotopic (exact) mass is 526 g/mol. The maximum Gasteiger partial charge on any atom is 0.276 e. The van der Waals surface area contributed by atoms with E-state index in [2.05, 4.69) is 15.5 Å². The van der Waals surface area contributed by atoms with Crippen LogP contribution < -0.4 is 16.2 Å². The summed E-state index contributed by atoms with van der Waals surface area (Å²) in [5.41, 5.74) is 5.96. The lowest BCUT2D eigenvalue weighted by molar-refractivity contribution is -0.914. The van der Waals surface area contributed by atoms with Crippen molar-refractivity contribution < 1.29 is 39.0 Å². The summed E-state index contributed by atoms with van der Waals surface area (Å²) in [6.45, 7) is 1.09. The van der Waals surface area contributed by atoms with Crippen LogP contribution in [0.2, 0.25) is 0 Å². The van der Waals surface area contributed by atoms with Gasteiger partial charge in [-0.25, -0.2) is 4.98 Å². The molecule has 4 heterocycles. The first-order valence-electron chi connectivity index (χ1n) is 10.8. The van der Waals surface area contributed by atoms with E-state index in [1.165, 1.54) is 24.3 Å². The largest absolute Gasteiger partial charge is 0.543 e. The van der Waals surface area contributed by atoms with Gasteiger partial charge >= 0.3 is 0 Å². The maximum atomic E-state index is 13.0. The number of anilines is 1. The fourth-order valence-electron chi connectivity index (χ4n) is 4.60. The molecule has 190 valence electrons. The molecule has 1 aromatic rings. The molecule has 13 nitrogen and oxygen atoms in total. The van der Waals surface area contributed by atoms with Crippen LogP contribution in [0.1, 0.15) is 12.1 Å². The van der Waals surface area contributed by atoms with Gasteiger partial charge in [-0.2, -0.15) is 0 Å². The van der Waals surface area contributed by atoms with Crippen molar-refractivity contribution in [3.8, 4) is 0 Å². The van der Waals surface area contributed by atoms with Gasteiger partial charge < -0.3 is 40.5 Å². The summed E-state index contributed by atoms with van der Waals surface area (Å²) in [6, 6.07) is -0.974. The highest BCUT2D eigenvalue weighted by molar-refractivity contribution is 8.00. The first-order chi connectivity index (χ1) is 16.5. The predicted molar refractivity (Wildman–Crippen MR) is 125 cm³/mol. The second-order valence-corrected chi connectivity index (χ2v) is 10.9. The number of aliphatic hydroxyl groups is 2. The van der Waals surface area contributed by atoms with Gasteiger partial charge in [0.25, 0.3) is 11.8 Å². The van der Waals surface area contributed by atoms with Crippen molar-refractivity contribution in [1.82, 2.24) is 15.2 Å². The zero-order chi connectivity index (χ0) is 25.5. The molecule has 0 aromatic carbocycles. The highest BCUT2D eigenvalue weighted by atomic mass is 32.2. The van der Waals surface area contributed by atoms with Crippen LogP contribution in [0.5, 0.6) is 0 Å². The number of likely N-dealkylation sites (N-methyl/N-ethyl adjacent to an activating group) is 1. The lowest BCUT2D eigenvalue weighted by Gasteiger charge is -2.51. The van der Waals surface area contributed by atoms with Gasteiger partial charge in [0.15, 0.2) is 10.8 Å². The number of carboxylic acids is 1. The number of carboxylic acid groups (broad SMARTS) is 1. The lowest BCUT2D eigenvalue weighted by atomic mass is 9.99. The number of carbonyl (C=O) groups is 3. The van der Waals surface area contributed by atoms with E-state index < -0.39 is 41.4 Å². The Kier molecular flexibility index (Phi) is 7.06. The molecule has 0 radical (unpaired) electrons. The quantitative estimate of drug-likeness (QED) is 0.124. The molecule has 35 heavy (non-hydrogen) atoms. The number of piperidine rings is 1. The first-order valence-corrected chi connectivity index (χ1v) is 12.7. The standard InChI is InChI=1S/C20H26N6O7S2/c1-26(4-3-11(27)12(28)6-26)5-9-7-34-18-14(17(30)25(18)15(9)19(31)32)23-16(29)13(24-33-2)10-8-35-20(21)22-10/h8,11-12,14,18,27-28H,3-7H2,1-2H3,(H3-,21,22,23,29,31,32)/b24-13-/t11-,12+,14-,18-,26?/m1/s1. The number of nitrogens with one attached hydrogen (secondary N) is 1. The van der Waals surface area contributed by atoms with Gasteiger partial charge in [-0.05, 0) is 0 Å². The third-order valence-corrected chi connectivity index (χ3v) is 8.31. The van der Waals surface area contributed by atoms with Crippen LogP contribution in [0.15, 0.2) is 21.8 Å². The van der Waals surface area contributed by atoms with Crippen LogP contribution >= 0.6 is 23.1 Å². The maximum absolute atomic E-state index is 13.0. The van der Waals surface area contributed by atoms with Crippen molar-refractivity contribution in [3.05, 3.63) is 22.3 Å². The van der Waals surface area contributed by atoms with Crippen molar-refractivity contribution in [2.75, 3.05) is 45.3 Å². The number of aliphatic hydroxyl groups excluding tert-OH is 2. The number of nitrogens with two attached hydrogens (primary N) is 1. The number of thioether (sulfide) groups is 1. The number of β-lactam (4-membered cyclic amide) rings is 1. The molecule has 5 atom stereocenters. The summed E-state index contributed by atoms with van der Waals surface area (Å²) in [5, 5.41) is 39.4. The minimum Gasteiger partial charge on any atom is -0.543 e. The number of nitrogen functional groups attached to an aromatic ring is 1. The molecule has 0 aliphatic carbocycles. The lowest BCUT2D eigenvalue weighted by Crippen LogP contribution is -2.72. The molecule has 2 fully saturated rings. The van der Waals surface area contributed by atoms with E-state index in [1.54, 1.807) is 0 Å². The van der Waals surface area contributed by atoms with Gasteiger partial charge in [0.1, 0.15) is 43.4 Å². The second-order valence-electron chi connectivity index (χ2n) is 8.90. The molecule has 4 rings (SSSR count). The third-order valence-electron chi connectivity index (χ3n) is 6.30. The highest BCUT2D eigenvalue weighted by Gasteiger charge is 2.54. The number of thiazole rings is 1. The van der Waals surface area contributed by atoms with Crippen LogP contribution in [0.4, 0.5) is 5.13 Å². The molecule has 0 spiro atoms. The molecule has 0 saturated carbocycles. The van der Waals surface area contributed by atoms with Gasteiger partial charge in [0, 0.05) is 23.1 Å². The Morgan fingerprint density at radius 2 is 2.17 bits per heavy atom. The Morgan fingerprint density at radius 1 is 1.43 bits per heavy atom. The first kappa shape index (κ1) is 25.4. The summed E-state index contributed by atoms with van der Waals surface area (Å²) >= 11 is 2.44. The van der Waals surface area contributed by atoms with E-state index >= 15 is 0 Å². The predicted octanol–water partition coefficient (Wildman–Crippen LogP) is -2.95. The summed E-state index contributed by atoms with van der Waals surface area (Å²) in [7, 11) is 3.13. The van der Waals surface area contributed by atoms with Crippen molar-refractivity contribution in [3.63, 3.8) is 0 Å². The van der Waals surface area contributed by atoms with Crippen LogP contribution in [0, 0.1) is 0 Å². The number of fused-ring (bicyclic) bond motifs is 1. The van der Waals surface area contributed by atoms with Gasteiger partial charge in [-0.1, -0.05) is 5.16 Å². The third kappa shape index (κ3) is 4.86.